The number of anilines is 2. The molecule has 0 aliphatic carbocycles. The third kappa shape index (κ3) is 3.20. The number of benzene rings is 1. The molecule has 23 heavy (non-hydrogen) atoms. The van der Waals surface area contributed by atoms with Crippen molar-refractivity contribution < 1.29 is 0 Å². The zero-order valence-electron chi connectivity index (χ0n) is 13.7. The largest absolute Gasteiger partial charge is 0.368 e. The number of halogens is 1. The molecule has 0 bridgehead atoms. The van der Waals surface area contributed by atoms with Crippen LogP contribution < -0.4 is 15.4 Å². The van der Waals surface area contributed by atoms with Crippen molar-refractivity contribution in [3.63, 3.8) is 0 Å². The molecule has 1 N–H and O–H groups in total. The summed E-state index contributed by atoms with van der Waals surface area (Å²) in [6, 6.07) is 5.98. The summed E-state index contributed by atoms with van der Waals surface area (Å²) in [7, 11) is 0. The predicted molar refractivity (Wildman–Crippen MR) is 94.9 cm³/mol. The molecule has 1 saturated heterocycles. The van der Waals surface area contributed by atoms with Gasteiger partial charge in [-0.3, -0.25) is 9.78 Å². The molecule has 0 amide bonds. The van der Waals surface area contributed by atoms with Crippen LogP contribution in [0.1, 0.15) is 16.8 Å². The van der Waals surface area contributed by atoms with Crippen molar-refractivity contribution in [2.75, 3.05) is 36.0 Å². The Kier molecular flexibility index (Phi) is 4.31. The molecule has 1 fully saturated rings. The number of nitrogens with zero attached hydrogens (tertiary/aromatic N) is 3. The normalized spacial score (nSPS) is 15.1. The van der Waals surface area contributed by atoms with Crippen LogP contribution in [-0.4, -0.2) is 36.1 Å². The van der Waals surface area contributed by atoms with E-state index in [9.17, 15) is 4.79 Å². The van der Waals surface area contributed by atoms with Crippen molar-refractivity contribution in [3.05, 3.63) is 50.4 Å². The van der Waals surface area contributed by atoms with Gasteiger partial charge in [0.2, 0.25) is 5.95 Å². The minimum absolute atomic E-state index is 0.0550. The van der Waals surface area contributed by atoms with E-state index in [1.807, 2.05) is 25.1 Å². The summed E-state index contributed by atoms with van der Waals surface area (Å²) in [5, 5.41) is 0.758. The Balaban J connectivity index is 1.76. The highest BCUT2D eigenvalue weighted by Crippen LogP contribution is 2.25. The van der Waals surface area contributed by atoms with Gasteiger partial charge in [0.25, 0.3) is 5.56 Å². The third-order valence-electron chi connectivity index (χ3n) is 4.47. The van der Waals surface area contributed by atoms with Gasteiger partial charge in [-0.15, -0.1) is 0 Å². The van der Waals surface area contributed by atoms with Crippen LogP contribution in [0.15, 0.2) is 23.0 Å². The summed E-state index contributed by atoms with van der Waals surface area (Å²) in [5.41, 5.74) is 3.82. The Morgan fingerprint density at radius 3 is 2.39 bits per heavy atom. The van der Waals surface area contributed by atoms with Gasteiger partial charge in [-0.05, 0) is 38.5 Å². The van der Waals surface area contributed by atoms with Gasteiger partial charge >= 0.3 is 0 Å². The van der Waals surface area contributed by atoms with E-state index in [0.717, 1.165) is 36.9 Å². The molecule has 6 heteroatoms. The number of aromatic amines is 1. The first-order chi connectivity index (χ1) is 11.0. The number of aromatic nitrogens is 2. The lowest BCUT2D eigenvalue weighted by molar-refractivity contribution is 0.636. The van der Waals surface area contributed by atoms with Crippen LogP contribution in [0.2, 0.25) is 5.02 Å². The second kappa shape index (κ2) is 6.24. The number of H-pyrrole nitrogens is 1. The first-order valence-electron chi connectivity index (χ1n) is 7.79. The van der Waals surface area contributed by atoms with Crippen molar-refractivity contribution in [2.45, 2.75) is 20.8 Å². The number of piperazine rings is 1. The quantitative estimate of drug-likeness (QED) is 0.918. The lowest BCUT2D eigenvalue weighted by Crippen LogP contribution is -2.47. The first-order valence-corrected chi connectivity index (χ1v) is 8.17. The highest BCUT2D eigenvalue weighted by atomic mass is 35.5. The van der Waals surface area contributed by atoms with Crippen molar-refractivity contribution in [2.24, 2.45) is 0 Å². The standard InChI is InChI=1S/C17H21ClN4O/c1-11-4-5-14(18)10-15(11)21-6-8-22(9-7-21)17-19-13(3)12(2)16(23)20-17/h4-5,10H,6-9H2,1-3H3,(H,19,20,23). The second-order valence-corrected chi connectivity index (χ2v) is 6.44. The molecule has 1 aromatic carbocycles. The molecule has 122 valence electrons. The van der Waals surface area contributed by atoms with Gasteiger partial charge < -0.3 is 9.80 Å². The molecule has 2 heterocycles. The van der Waals surface area contributed by atoms with E-state index < -0.39 is 0 Å². The average Bonchev–Trinajstić information content (AvgIpc) is 2.54. The molecule has 0 radical (unpaired) electrons. The molecule has 0 unspecified atom stereocenters. The molecule has 5 nitrogen and oxygen atoms in total. The third-order valence-corrected chi connectivity index (χ3v) is 4.71. The minimum atomic E-state index is -0.0550. The maximum Gasteiger partial charge on any atom is 0.255 e. The van der Waals surface area contributed by atoms with E-state index >= 15 is 0 Å². The van der Waals surface area contributed by atoms with E-state index in [-0.39, 0.29) is 5.56 Å². The number of rotatable bonds is 2. The highest BCUT2D eigenvalue weighted by molar-refractivity contribution is 6.30. The fourth-order valence-electron chi connectivity index (χ4n) is 2.86. The monoisotopic (exact) mass is 332 g/mol. The summed E-state index contributed by atoms with van der Waals surface area (Å²) in [6.07, 6.45) is 0. The van der Waals surface area contributed by atoms with Gasteiger partial charge in [-0.2, -0.15) is 0 Å². The fourth-order valence-corrected chi connectivity index (χ4v) is 3.03. The van der Waals surface area contributed by atoms with Crippen LogP contribution in [0.25, 0.3) is 0 Å². The molecule has 1 aliphatic rings. The summed E-state index contributed by atoms with van der Waals surface area (Å²) < 4.78 is 0. The Morgan fingerprint density at radius 2 is 1.74 bits per heavy atom. The number of aryl methyl sites for hydroxylation is 2. The van der Waals surface area contributed by atoms with Gasteiger partial charge in [-0.25, -0.2) is 4.98 Å². The van der Waals surface area contributed by atoms with E-state index in [1.54, 1.807) is 6.92 Å². The number of nitrogens with one attached hydrogen (secondary N) is 1. The molecular formula is C17H21ClN4O. The average molecular weight is 333 g/mol. The molecule has 0 saturated carbocycles. The zero-order valence-corrected chi connectivity index (χ0v) is 14.4. The fraction of sp³-hybridized carbons (Fsp3) is 0.412. The predicted octanol–water partition coefficient (Wildman–Crippen LogP) is 2.68. The summed E-state index contributed by atoms with van der Waals surface area (Å²) in [5.74, 6) is 0.667. The minimum Gasteiger partial charge on any atom is -0.368 e. The lowest BCUT2D eigenvalue weighted by Gasteiger charge is -2.37. The summed E-state index contributed by atoms with van der Waals surface area (Å²) >= 11 is 6.12. The van der Waals surface area contributed by atoms with Crippen LogP contribution in [0.4, 0.5) is 11.6 Å². The maximum atomic E-state index is 11.9. The Hall–Kier alpha value is -2.01. The molecule has 2 aromatic rings. The second-order valence-electron chi connectivity index (χ2n) is 6.00. The van der Waals surface area contributed by atoms with Crippen LogP contribution in [0.3, 0.4) is 0 Å². The highest BCUT2D eigenvalue weighted by Gasteiger charge is 2.20. The van der Waals surface area contributed by atoms with Crippen LogP contribution in [0.5, 0.6) is 0 Å². The van der Waals surface area contributed by atoms with Gasteiger partial charge in [0.05, 0.1) is 0 Å². The Morgan fingerprint density at radius 1 is 1.09 bits per heavy atom. The smallest absolute Gasteiger partial charge is 0.255 e. The molecule has 1 aliphatic heterocycles. The van der Waals surface area contributed by atoms with E-state index in [0.29, 0.717) is 11.5 Å². The van der Waals surface area contributed by atoms with Gasteiger partial charge in [0.15, 0.2) is 0 Å². The van der Waals surface area contributed by atoms with Gasteiger partial charge in [0.1, 0.15) is 0 Å². The lowest BCUT2D eigenvalue weighted by atomic mass is 10.1. The summed E-state index contributed by atoms with van der Waals surface area (Å²) in [6.45, 7) is 9.15. The van der Waals surface area contributed by atoms with Crippen LogP contribution in [-0.2, 0) is 0 Å². The summed E-state index contributed by atoms with van der Waals surface area (Å²) in [4.78, 5) is 23.8. The number of hydrogen-bond acceptors (Lipinski definition) is 4. The van der Waals surface area contributed by atoms with Crippen LogP contribution in [0, 0.1) is 20.8 Å². The first kappa shape index (κ1) is 15.9. The van der Waals surface area contributed by atoms with Crippen molar-refractivity contribution in [3.8, 4) is 0 Å². The molecule has 3 rings (SSSR count). The SMILES string of the molecule is Cc1ccc(Cl)cc1N1CCN(c2nc(C)c(C)c(=O)[nH]2)CC1. The van der Waals surface area contributed by atoms with E-state index in [2.05, 4.69) is 26.7 Å². The van der Waals surface area contributed by atoms with E-state index in [4.69, 9.17) is 11.6 Å². The van der Waals surface area contributed by atoms with Crippen molar-refractivity contribution >= 4 is 23.2 Å². The molecule has 0 spiro atoms. The molecule has 0 atom stereocenters. The zero-order chi connectivity index (χ0) is 16.6. The Bertz CT molecular complexity index is 779. The van der Waals surface area contributed by atoms with Gasteiger partial charge in [0, 0.05) is 48.1 Å². The van der Waals surface area contributed by atoms with E-state index in [1.165, 1.54) is 11.3 Å². The van der Waals surface area contributed by atoms with Gasteiger partial charge in [-0.1, -0.05) is 17.7 Å². The topological polar surface area (TPSA) is 52.2 Å². The van der Waals surface area contributed by atoms with Crippen molar-refractivity contribution in [1.29, 1.82) is 0 Å². The van der Waals surface area contributed by atoms with Crippen LogP contribution >= 0.6 is 11.6 Å². The Labute approximate surface area is 140 Å². The molecule has 1 aromatic heterocycles. The molecular weight excluding hydrogens is 312 g/mol. The van der Waals surface area contributed by atoms with Crippen molar-refractivity contribution in [1.82, 2.24) is 9.97 Å². The number of hydrogen-bond donors (Lipinski definition) is 1. The maximum absolute atomic E-state index is 11.9.